The normalized spacial score (nSPS) is 10.3. The summed E-state index contributed by atoms with van der Waals surface area (Å²) < 4.78 is 7.38. The summed E-state index contributed by atoms with van der Waals surface area (Å²) in [5, 5.41) is 0. The first-order valence-corrected chi connectivity index (χ1v) is 7.32. The summed E-state index contributed by atoms with van der Waals surface area (Å²) in [4.78, 5) is 11.1. The van der Waals surface area contributed by atoms with Crippen molar-refractivity contribution < 1.29 is 9.53 Å². The van der Waals surface area contributed by atoms with Gasteiger partial charge in [0.05, 0.1) is 10.0 Å². The molecule has 2 aromatic carbocycles. The molecule has 0 N–H and O–H groups in total. The van der Waals surface area contributed by atoms with Crippen LogP contribution in [0.3, 0.4) is 0 Å². The maximum Gasteiger partial charge on any atom is 0.153 e. The van der Waals surface area contributed by atoms with Gasteiger partial charge in [-0.15, -0.1) is 0 Å². The molecule has 0 saturated carbocycles. The first kappa shape index (κ1) is 14.3. The fourth-order valence-electron chi connectivity index (χ4n) is 1.74. The average Bonchev–Trinajstić information content (AvgIpc) is 2.38. The van der Waals surface area contributed by atoms with Crippen LogP contribution in [0.15, 0.2) is 45.3 Å². The van der Waals surface area contributed by atoms with E-state index in [1.165, 1.54) is 5.56 Å². The van der Waals surface area contributed by atoms with E-state index in [0.717, 1.165) is 20.8 Å². The molecule has 0 aliphatic rings. The van der Waals surface area contributed by atoms with Crippen molar-refractivity contribution >= 4 is 38.1 Å². The van der Waals surface area contributed by atoms with Gasteiger partial charge in [0, 0.05) is 4.47 Å². The van der Waals surface area contributed by atoms with Gasteiger partial charge >= 0.3 is 0 Å². The van der Waals surface area contributed by atoms with E-state index in [9.17, 15) is 4.79 Å². The molecular weight excluding hydrogens is 372 g/mol. The Hall–Kier alpha value is -1.13. The number of hydrogen-bond acceptors (Lipinski definition) is 2. The van der Waals surface area contributed by atoms with Crippen LogP contribution >= 0.6 is 31.9 Å². The molecule has 2 aromatic rings. The summed E-state index contributed by atoms with van der Waals surface area (Å²) in [5.41, 5.74) is 2.80. The summed E-state index contributed by atoms with van der Waals surface area (Å²) in [6.07, 6.45) is 0.794. The van der Waals surface area contributed by atoms with Gasteiger partial charge in [-0.2, -0.15) is 0 Å². The number of benzene rings is 2. The number of halogens is 2. The second-order valence-electron chi connectivity index (χ2n) is 4.14. The molecule has 0 aliphatic heterocycles. The molecule has 19 heavy (non-hydrogen) atoms. The highest BCUT2D eigenvalue weighted by molar-refractivity contribution is 9.11. The Morgan fingerprint density at radius 2 is 1.95 bits per heavy atom. The Kier molecular flexibility index (Phi) is 4.77. The van der Waals surface area contributed by atoms with Gasteiger partial charge in [-0.05, 0) is 46.1 Å². The van der Waals surface area contributed by atoms with Crippen LogP contribution in [-0.4, -0.2) is 6.29 Å². The standard InChI is InChI=1S/C15H12Br2O2/c1-10-4-2-3-5-11(10)9-19-15-12(8-18)6-13(16)7-14(15)17/h2-8H,9H2,1H3. The van der Waals surface area contributed by atoms with E-state index in [-0.39, 0.29) is 0 Å². The van der Waals surface area contributed by atoms with E-state index < -0.39 is 0 Å². The third kappa shape index (κ3) is 3.45. The molecule has 0 radical (unpaired) electrons. The highest BCUT2D eigenvalue weighted by Crippen LogP contribution is 2.32. The van der Waals surface area contributed by atoms with Crippen molar-refractivity contribution in [2.75, 3.05) is 0 Å². The number of hydrogen-bond donors (Lipinski definition) is 0. The molecule has 2 nitrogen and oxygen atoms in total. The van der Waals surface area contributed by atoms with E-state index in [0.29, 0.717) is 17.9 Å². The van der Waals surface area contributed by atoms with Crippen LogP contribution in [0.4, 0.5) is 0 Å². The van der Waals surface area contributed by atoms with Crippen LogP contribution in [-0.2, 0) is 6.61 Å². The predicted molar refractivity (Wildman–Crippen MR) is 82.7 cm³/mol. The van der Waals surface area contributed by atoms with Gasteiger partial charge in [-0.1, -0.05) is 40.2 Å². The summed E-state index contributed by atoms with van der Waals surface area (Å²) in [5.74, 6) is 0.571. The van der Waals surface area contributed by atoms with Gasteiger partial charge in [-0.25, -0.2) is 0 Å². The van der Waals surface area contributed by atoms with Gasteiger partial charge < -0.3 is 4.74 Å². The zero-order valence-electron chi connectivity index (χ0n) is 10.3. The minimum Gasteiger partial charge on any atom is -0.487 e. The number of carbonyl (C=O) groups excluding carboxylic acids is 1. The van der Waals surface area contributed by atoms with Crippen LogP contribution < -0.4 is 4.74 Å². The monoisotopic (exact) mass is 382 g/mol. The first-order chi connectivity index (χ1) is 9.11. The highest BCUT2D eigenvalue weighted by atomic mass is 79.9. The fraction of sp³-hybridized carbons (Fsp3) is 0.133. The summed E-state index contributed by atoms with van der Waals surface area (Å²) in [7, 11) is 0. The number of aldehydes is 1. The second-order valence-corrected chi connectivity index (χ2v) is 5.91. The molecule has 0 fully saturated rings. The Bertz CT molecular complexity index is 609. The molecule has 0 unspecified atom stereocenters. The lowest BCUT2D eigenvalue weighted by atomic mass is 10.1. The average molecular weight is 384 g/mol. The molecule has 98 valence electrons. The summed E-state index contributed by atoms with van der Waals surface area (Å²) in [6, 6.07) is 11.6. The lowest BCUT2D eigenvalue weighted by Gasteiger charge is -2.12. The number of aryl methyl sites for hydroxylation is 1. The van der Waals surface area contributed by atoms with Crippen LogP contribution in [0.1, 0.15) is 21.5 Å². The predicted octanol–water partition coefficient (Wildman–Crippen LogP) is 4.91. The molecule has 0 heterocycles. The minimum atomic E-state index is 0.438. The van der Waals surface area contributed by atoms with E-state index in [1.807, 2.05) is 37.3 Å². The molecule has 0 aliphatic carbocycles. The lowest BCUT2D eigenvalue weighted by molar-refractivity contribution is 0.111. The summed E-state index contributed by atoms with van der Waals surface area (Å²) >= 11 is 6.77. The fourth-order valence-corrected chi connectivity index (χ4v) is 3.11. The van der Waals surface area contributed by atoms with Crippen molar-refractivity contribution in [2.24, 2.45) is 0 Å². The third-order valence-corrected chi connectivity index (χ3v) is 3.84. The molecule has 0 spiro atoms. The van der Waals surface area contributed by atoms with E-state index in [4.69, 9.17) is 4.74 Å². The van der Waals surface area contributed by atoms with Crippen LogP contribution in [0.25, 0.3) is 0 Å². The molecule has 0 saturated heterocycles. The molecular formula is C15H12Br2O2. The zero-order chi connectivity index (χ0) is 13.8. The Morgan fingerprint density at radius 1 is 1.21 bits per heavy atom. The van der Waals surface area contributed by atoms with Crippen molar-refractivity contribution in [3.05, 3.63) is 62.0 Å². The van der Waals surface area contributed by atoms with Crippen molar-refractivity contribution in [3.8, 4) is 5.75 Å². The van der Waals surface area contributed by atoms with Crippen molar-refractivity contribution in [1.29, 1.82) is 0 Å². The SMILES string of the molecule is Cc1ccccc1COc1c(Br)cc(Br)cc1C=O. The van der Waals surface area contributed by atoms with E-state index in [2.05, 4.69) is 31.9 Å². The maximum atomic E-state index is 11.1. The molecule has 0 aromatic heterocycles. The van der Waals surface area contributed by atoms with Gasteiger partial charge in [0.1, 0.15) is 12.4 Å². The van der Waals surface area contributed by atoms with Crippen molar-refractivity contribution in [1.82, 2.24) is 0 Å². The van der Waals surface area contributed by atoms with Gasteiger partial charge in [0.2, 0.25) is 0 Å². The zero-order valence-corrected chi connectivity index (χ0v) is 13.5. The van der Waals surface area contributed by atoms with Gasteiger partial charge in [-0.3, -0.25) is 4.79 Å². The van der Waals surface area contributed by atoms with Crippen molar-refractivity contribution in [2.45, 2.75) is 13.5 Å². The Morgan fingerprint density at radius 3 is 2.63 bits per heavy atom. The van der Waals surface area contributed by atoms with E-state index in [1.54, 1.807) is 6.07 Å². The third-order valence-electron chi connectivity index (χ3n) is 2.80. The lowest BCUT2D eigenvalue weighted by Crippen LogP contribution is -2.01. The van der Waals surface area contributed by atoms with Crippen molar-refractivity contribution in [3.63, 3.8) is 0 Å². The van der Waals surface area contributed by atoms with Crippen LogP contribution in [0.2, 0.25) is 0 Å². The molecule has 0 amide bonds. The molecule has 4 heteroatoms. The minimum absolute atomic E-state index is 0.438. The maximum absolute atomic E-state index is 11.1. The Balaban J connectivity index is 2.25. The summed E-state index contributed by atoms with van der Waals surface area (Å²) in [6.45, 7) is 2.48. The second kappa shape index (κ2) is 6.35. The molecule has 2 rings (SSSR count). The van der Waals surface area contributed by atoms with Crippen LogP contribution in [0.5, 0.6) is 5.75 Å². The topological polar surface area (TPSA) is 26.3 Å². The quantitative estimate of drug-likeness (QED) is 0.701. The van der Waals surface area contributed by atoms with Crippen LogP contribution in [0, 0.1) is 6.92 Å². The number of rotatable bonds is 4. The molecule has 0 bridgehead atoms. The van der Waals surface area contributed by atoms with Gasteiger partial charge in [0.15, 0.2) is 6.29 Å². The molecule has 0 atom stereocenters. The first-order valence-electron chi connectivity index (χ1n) is 5.73. The highest BCUT2D eigenvalue weighted by Gasteiger charge is 2.10. The Labute approximate surface area is 129 Å². The van der Waals surface area contributed by atoms with E-state index >= 15 is 0 Å². The number of carbonyl (C=O) groups is 1. The van der Waals surface area contributed by atoms with Gasteiger partial charge in [0.25, 0.3) is 0 Å². The largest absolute Gasteiger partial charge is 0.487 e. The number of ether oxygens (including phenoxy) is 1. The smallest absolute Gasteiger partial charge is 0.153 e.